The van der Waals surface area contributed by atoms with Crippen molar-refractivity contribution in [2.24, 2.45) is 5.14 Å². The first kappa shape index (κ1) is 14.2. The number of amides is 1. The van der Waals surface area contributed by atoms with E-state index in [1.807, 2.05) is 0 Å². The lowest BCUT2D eigenvalue weighted by Gasteiger charge is -2.06. The summed E-state index contributed by atoms with van der Waals surface area (Å²) in [5.41, 5.74) is 0.244. The molecule has 0 radical (unpaired) electrons. The minimum atomic E-state index is -3.78. The average molecular weight is 294 g/mol. The van der Waals surface area contributed by atoms with Crippen LogP contribution in [-0.2, 0) is 10.0 Å². The number of carbonyl (C=O) groups excluding carboxylic acids is 1. The standard InChI is InChI=1S/C13H11FN2O3S/c14-12-4-2-1-3-11(12)13(17)16-9-5-7-10(8-6-9)20(15,18)19/h1-8H,(H,16,17)(H2,15,18,19). The lowest BCUT2D eigenvalue weighted by molar-refractivity contribution is 0.102. The predicted octanol–water partition coefficient (Wildman–Crippen LogP) is 1.73. The summed E-state index contributed by atoms with van der Waals surface area (Å²) in [5.74, 6) is -1.25. The van der Waals surface area contributed by atoms with Gasteiger partial charge >= 0.3 is 0 Å². The maximum atomic E-state index is 13.4. The highest BCUT2D eigenvalue weighted by Crippen LogP contribution is 2.15. The van der Waals surface area contributed by atoms with Crippen LogP contribution in [0.5, 0.6) is 0 Å². The Labute approximate surface area is 115 Å². The fraction of sp³-hybridized carbons (Fsp3) is 0. The Kier molecular flexibility index (Phi) is 3.82. The molecule has 0 aliphatic heterocycles. The van der Waals surface area contributed by atoms with Crippen molar-refractivity contribution in [3.8, 4) is 0 Å². The molecule has 20 heavy (non-hydrogen) atoms. The third-order valence-electron chi connectivity index (χ3n) is 2.56. The van der Waals surface area contributed by atoms with Crippen molar-refractivity contribution in [1.82, 2.24) is 0 Å². The Balaban J connectivity index is 2.19. The zero-order chi connectivity index (χ0) is 14.8. The van der Waals surface area contributed by atoms with E-state index in [0.29, 0.717) is 5.69 Å². The topological polar surface area (TPSA) is 89.3 Å². The van der Waals surface area contributed by atoms with Gasteiger partial charge in [-0.25, -0.2) is 17.9 Å². The van der Waals surface area contributed by atoms with Crippen molar-refractivity contribution >= 4 is 21.6 Å². The van der Waals surface area contributed by atoms with Gasteiger partial charge < -0.3 is 5.32 Å². The Morgan fingerprint density at radius 2 is 1.65 bits per heavy atom. The van der Waals surface area contributed by atoms with Gasteiger partial charge in [-0.1, -0.05) is 12.1 Å². The molecule has 0 heterocycles. The average Bonchev–Trinajstić information content (AvgIpc) is 2.38. The molecule has 0 saturated heterocycles. The zero-order valence-electron chi connectivity index (χ0n) is 10.2. The van der Waals surface area contributed by atoms with Gasteiger partial charge in [0.2, 0.25) is 10.0 Å². The van der Waals surface area contributed by atoms with Gasteiger partial charge in [0.05, 0.1) is 10.5 Å². The number of hydrogen-bond acceptors (Lipinski definition) is 3. The second-order valence-corrected chi connectivity index (χ2v) is 5.56. The number of nitrogens with two attached hydrogens (primary N) is 1. The first-order chi connectivity index (χ1) is 9.38. The van der Waals surface area contributed by atoms with E-state index < -0.39 is 21.7 Å². The van der Waals surface area contributed by atoms with Gasteiger partial charge in [0, 0.05) is 5.69 Å². The first-order valence-corrected chi connectivity index (χ1v) is 7.11. The van der Waals surface area contributed by atoms with Gasteiger partial charge in [-0.15, -0.1) is 0 Å². The van der Waals surface area contributed by atoms with Crippen LogP contribution in [0.2, 0.25) is 0 Å². The van der Waals surface area contributed by atoms with E-state index in [-0.39, 0.29) is 10.5 Å². The van der Waals surface area contributed by atoms with Crippen LogP contribution in [0.15, 0.2) is 53.4 Å². The minimum Gasteiger partial charge on any atom is -0.322 e. The number of anilines is 1. The second-order valence-electron chi connectivity index (χ2n) is 4.00. The molecule has 7 heteroatoms. The van der Waals surface area contributed by atoms with Crippen LogP contribution in [0.3, 0.4) is 0 Å². The highest BCUT2D eigenvalue weighted by molar-refractivity contribution is 7.89. The number of nitrogens with one attached hydrogen (secondary N) is 1. The van der Waals surface area contributed by atoms with Gasteiger partial charge in [0.25, 0.3) is 5.91 Å². The maximum Gasteiger partial charge on any atom is 0.258 e. The van der Waals surface area contributed by atoms with Crippen molar-refractivity contribution < 1.29 is 17.6 Å². The Morgan fingerprint density at radius 1 is 1.05 bits per heavy atom. The predicted molar refractivity (Wildman–Crippen MR) is 72.2 cm³/mol. The molecule has 0 bridgehead atoms. The van der Waals surface area contributed by atoms with E-state index >= 15 is 0 Å². The van der Waals surface area contributed by atoms with E-state index in [2.05, 4.69) is 5.32 Å². The van der Waals surface area contributed by atoms with Crippen LogP contribution in [0.25, 0.3) is 0 Å². The SMILES string of the molecule is NS(=O)(=O)c1ccc(NC(=O)c2ccccc2F)cc1. The molecule has 0 aliphatic rings. The molecule has 0 fully saturated rings. The summed E-state index contributed by atoms with van der Waals surface area (Å²) in [6, 6.07) is 10.8. The third-order valence-corrected chi connectivity index (χ3v) is 3.49. The van der Waals surface area contributed by atoms with Gasteiger partial charge in [-0.3, -0.25) is 4.79 Å². The van der Waals surface area contributed by atoms with Gasteiger partial charge in [-0.2, -0.15) is 0 Å². The van der Waals surface area contributed by atoms with E-state index in [9.17, 15) is 17.6 Å². The number of primary sulfonamides is 1. The lowest BCUT2D eigenvalue weighted by atomic mass is 10.2. The molecular formula is C13H11FN2O3S. The summed E-state index contributed by atoms with van der Waals surface area (Å²) in [5, 5.41) is 7.42. The van der Waals surface area contributed by atoms with Crippen LogP contribution in [0.1, 0.15) is 10.4 Å². The summed E-state index contributed by atoms with van der Waals surface area (Å²) >= 11 is 0. The highest BCUT2D eigenvalue weighted by atomic mass is 32.2. The molecule has 0 aromatic heterocycles. The fourth-order valence-corrected chi connectivity index (χ4v) is 2.09. The number of sulfonamides is 1. The zero-order valence-corrected chi connectivity index (χ0v) is 11.0. The number of halogens is 1. The summed E-state index contributed by atoms with van der Waals surface area (Å²) in [6.07, 6.45) is 0. The molecule has 2 aromatic carbocycles. The summed E-state index contributed by atoms with van der Waals surface area (Å²) < 4.78 is 35.6. The molecule has 3 N–H and O–H groups in total. The number of rotatable bonds is 3. The summed E-state index contributed by atoms with van der Waals surface area (Å²) in [6.45, 7) is 0. The third kappa shape index (κ3) is 3.19. The molecular weight excluding hydrogens is 283 g/mol. The van der Waals surface area contributed by atoms with Gasteiger partial charge in [-0.05, 0) is 36.4 Å². The Bertz CT molecular complexity index is 742. The number of hydrogen-bond donors (Lipinski definition) is 2. The van der Waals surface area contributed by atoms with E-state index in [1.165, 1.54) is 42.5 Å². The number of benzene rings is 2. The molecule has 2 rings (SSSR count). The molecule has 0 atom stereocenters. The Hall–Kier alpha value is -2.25. The quantitative estimate of drug-likeness (QED) is 0.903. The highest BCUT2D eigenvalue weighted by Gasteiger charge is 2.12. The van der Waals surface area contributed by atoms with E-state index in [4.69, 9.17) is 5.14 Å². The van der Waals surface area contributed by atoms with Crippen LogP contribution in [0.4, 0.5) is 10.1 Å². The molecule has 0 saturated carbocycles. The van der Waals surface area contributed by atoms with Crippen molar-refractivity contribution in [3.63, 3.8) is 0 Å². The molecule has 0 aliphatic carbocycles. The summed E-state index contributed by atoms with van der Waals surface area (Å²) in [4.78, 5) is 11.8. The lowest BCUT2D eigenvalue weighted by Crippen LogP contribution is -2.14. The molecule has 0 unspecified atom stereocenters. The molecule has 5 nitrogen and oxygen atoms in total. The van der Waals surface area contributed by atoms with Gasteiger partial charge in [0.1, 0.15) is 5.82 Å². The van der Waals surface area contributed by atoms with Crippen molar-refractivity contribution in [2.45, 2.75) is 4.90 Å². The molecule has 2 aromatic rings. The van der Waals surface area contributed by atoms with E-state index in [0.717, 1.165) is 0 Å². The van der Waals surface area contributed by atoms with Crippen molar-refractivity contribution in [2.75, 3.05) is 5.32 Å². The van der Waals surface area contributed by atoms with Crippen LogP contribution in [-0.4, -0.2) is 14.3 Å². The molecule has 1 amide bonds. The molecule has 104 valence electrons. The maximum absolute atomic E-state index is 13.4. The second kappa shape index (κ2) is 5.40. The van der Waals surface area contributed by atoms with Crippen LogP contribution < -0.4 is 10.5 Å². The van der Waals surface area contributed by atoms with Crippen LogP contribution in [0, 0.1) is 5.82 Å². The first-order valence-electron chi connectivity index (χ1n) is 5.56. The monoisotopic (exact) mass is 294 g/mol. The van der Waals surface area contributed by atoms with E-state index in [1.54, 1.807) is 6.07 Å². The number of carbonyl (C=O) groups is 1. The summed E-state index contributed by atoms with van der Waals surface area (Å²) in [7, 11) is -3.78. The largest absolute Gasteiger partial charge is 0.322 e. The van der Waals surface area contributed by atoms with Crippen molar-refractivity contribution in [3.05, 3.63) is 59.9 Å². The Morgan fingerprint density at radius 3 is 2.20 bits per heavy atom. The fourth-order valence-electron chi connectivity index (χ4n) is 1.57. The van der Waals surface area contributed by atoms with Crippen molar-refractivity contribution in [1.29, 1.82) is 0 Å². The minimum absolute atomic E-state index is 0.0682. The smallest absolute Gasteiger partial charge is 0.258 e. The van der Waals surface area contributed by atoms with Gasteiger partial charge in [0.15, 0.2) is 0 Å². The normalized spacial score (nSPS) is 11.1. The van der Waals surface area contributed by atoms with Crippen LogP contribution >= 0.6 is 0 Å². The molecule has 0 spiro atoms.